The molecule has 2 nitrogen and oxygen atoms in total. The molecule has 0 aliphatic rings. The molecule has 0 amide bonds. The molecule has 0 atom stereocenters. The molecule has 0 aromatic carbocycles. The zero-order chi connectivity index (χ0) is 17.8. The summed E-state index contributed by atoms with van der Waals surface area (Å²) in [6.45, 7) is 21.4. The topological polar surface area (TPSA) is 6.48 Å². The largest absolute Gasteiger partial charge is 0.303 e. The summed E-state index contributed by atoms with van der Waals surface area (Å²) in [6, 6.07) is 0. The maximum atomic E-state index is 2.64. The number of rotatable bonds is 15. The van der Waals surface area contributed by atoms with E-state index in [1.807, 2.05) is 0 Å². The molecular formula is C21H48N2. The van der Waals surface area contributed by atoms with Gasteiger partial charge in [0.05, 0.1) is 0 Å². The zero-order valence-corrected chi connectivity index (χ0v) is 17.5. The van der Waals surface area contributed by atoms with Crippen molar-refractivity contribution in [2.75, 3.05) is 39.3 Å². The van der Waals surface area contributed by atoms with Gasteiger partial charge in [0, 0.05) is 0 Å². The van der Waals surface area contributed by atoms with E-state index in [1.165, 1.54) is 97.1 Å². The van der Waals surface area contributed by atoms with E-state index in [1.54, 1.807) is 0 Å². The highest BCUT2D eigenvalue weighted by molar-refractivity contribution is 4.57. The third-order valence-corrected chi connectivity index (χ3v) is 4.10. The predicted octanol–water partition coefficient (Wildman–Crippen LogP) is 6.21. The van der Waals surface area contributed by atoms with Crippen molar-refractivity contribution >= 4 is 0 Å². The van der Waals surface area contributed by atoms with Crippen LogP contribution in [0, 0.1) is 0 Å². The first kappa shape index (κ1) is 25.2. The van der Waals surface area contributed by atoms with E-state index in [-0.39, 0.29) is 0 Å². The van der Waals surface area contributed by atoms with Crippen LogP contribution in [0.2, 0.25) is 0 Å². The molecule has 0 saturated heterocycles. The normalized spacial score (nSPS) is 11.0. The summed E-state index contributed by atoms with van der Waals surface area (Å²) in [4.78, 5) is 5.18. The maximum Gasteiger partial charge on any atom is -0.00188 e. The fourth-order valence-electron chi connectivity index (χ4n) is 2.76. The van der Waals surface area contributed by atoms with Crippen LogP contribution < -0.4 is 0 Å². The van der Waals surface area contributed by atoms with Gasteiger partial charge in [0.15, 0.2) is 0 Å². The molecule has 0 bridgehead atoms. The maximum absolute atomic E-state index is 2.64. The van der Waals surface area contributed by atoms with E-state index in [2.05, 4.69) is 51.3 Å². The van der Waals surface area contributed by atoms with Gasteiger partial charge in [-0.1, -0.05) is 60.8 Å². The minimum absolute atomic E-state index is 1.28. The Bertz CT molecular complexity index is 161. The predicted molar refractivity (Wildman–Crippen MR) is 108 cm³/mol. The van der Waals surface area contributed by atoms with Gasteiger partial charge in [0.2, 0.25) is 0 Å². The highest BCUT2D eigenvalue weighted by Gasteiger charge is 2.01. The highest BCUT2D eigenvalue weighted by Crippen LogP contribution is 2.01. The zero-order valence-electron chi connectivity index (χ0n) is 17.5. The summed E-state index contributed by atoms with van der Waals surface area (Å²) < 4.78 is 0. The molecule has 2 heteroatoms. The summed E-state index contributed by atoms with van der Waals surface area (Å²) in [7, 11) is 0. The minimum Gasteiger partial charge on any atom is -0.303 e. The third kappa shape index (κ3) is 19.9. The van der Waals surface area contributed by atoms with Crippen molar-refractivity contribution in [2.24, 2.45) is 0 Å². The molecule has 0 unspecified atom stereocenters. The van der Waals surface area contributed by atoms with Gasteiger partial charge in [-0.2, -0.15) is 0 Å². The molecule has 0 heterocycles. The molecule has 0 aromatic heterocycles. The van der Waals surface area contributed by atoms with E-state index in [0.29, 0.717) is 0 Å². The van der Waals surface area contributed by atoms with Crippen LogP contribution in [0.5, 0.6) is 0 Å². The summed E-state index contributed by atoms with van der Waals surface area (Å²) in [6.07, 6.45) is 12.0. The van der Waals surface area contributed by atoms with E-state index in [0.717, 1.165) is 0 Å². The first-order valence-electron chi connectivity index (χ1n) is 10.6. The number of nitrogens with zero attached hydrogens (tertiary/aromatic N) is 2. The van der Waals surface area contributed by atoms with Crippen LogP contribution in [0.25, 0.3) is 0 Å². The van der Waals surface area contributed by atoms with Crippen molar-refractivity contribution in [1.29, 1.82) is 0 Å². The second kappa shape index (κ2) is 21.9. The lowest BCUT2D eigenvalue weighted by Gasteiger charge is -2.21. The van der Waals surface area contributed by atoms with Gasteiger partial charge < -0.3 is 9.80 Å². The standard InChI is InChI=1S/C12H27N.C9H21N/c1-4-7-10-13(11-8-5-2)12-9-6-3;1-4-7-10(8-5-2)9-6-3/h4-12H2,1-3H3;4-9H2,1-3H3. The molecule has 0 saturated carbocycles. The lowest BCUT2D eigenvalue weighted by molar-refractivity contribution is 0.261. The first-order valence-corrected chi connectivity index (χ1v) is 10.6. The molecule has 0 aromatic rings. The SMILES string of the molecule is CCCCN(CCCC)CCCC.CCCN(CCC)CCC. The van der Waals surface area contributed by atoms with E-state index < -0.39 is 0 Å². The number of hydrogen-bond donors (Lipinski definition) is 0. The second-order valence-corrected chi connectivity index (χ2v) is 6.74. The van der Waals surface area contributed by atoms with Crippen molar-refractivity contribution in [3.63, 3.8) is 0 Å². The van der Waals surface area contributed by atoms with Gasteiger partial charge in [-0.25, -0.2) is 0 Å². The summed E-state index contributed by atoms with van der Waals surface area (Å²) in [5.74, 6) is 0. The van der Waals surface area contributed by atoms with Crippen molar-refractivity contribution in [3.8, 4) is 0 Å². The number of hydrogen-bond acceptors (Lipinski definition) is 2. The molecule has 0 aliphatic heterocycles. The van der Waals surface area contributed by atoms with Gasteiger partial charge in [-0.3, -0.25) is 0 Å². The molecule has 142 valence electrons. The van der Waals surface area contributed by atoms with Crippen molar-refractivity contribution < 1.29 is 0 Å². The third-order valence-electron chi connectivity index (χ3n) is 4.10. The van der Waals surface area contributed by atoms with Crippen molar-refractivity contribution in [2.45, 2.75) is 99.3 Å². The molecule has 0 spiro atoms. The molecule has 23 heavy (non-hydrogen) atoms. The molecular weight excluding hydrogens is 280 g/mol. The molecule has 0 fully saturated rings. The fraction of sp³-hybridized carbons (Fsp3) is 1.00. The summed E-state index contributed by atoms with van der Waals surface area (Å²) in [5, 5.41) is 0. The van der Waals surface area contributed by atoms with E-state index >= 15 is 0 Å². The Morgan fingerprint density at radius 3 is 0.826 bits per heavy atom. The van der Waals surface area contributed by atoms with Gasteiger partial charge in [-0.05, 0) is 77.8 Å². The van der Waals surface area contributed by atoms with Crippen LogP contribution in [-0.4, -0.2) is 49.1 Å². The van der Waals surface area contributed by atoms with Crippen LogP contribution in [0.3, 0.4) is 0 Å². The van der Waals surface area contributed by atoms with Gasteiger partial charge >= 0.3 is 0 Å². The fourth-order valence-corrected chi connectivity index (χ4v) is 2.76. The Kier molecular flexibility index (Phi) is 24.0. The Morgan fingerprint density at radius 2 is 0.609 bits per heavy atom. The van der Waals surface area contributed by atoms with Crippen molar-refractivity contribution in [3.05, 3.63) is 0 Å². The number of unbranched alkanes of at least 4 members (excludes halogenated alkanes) is 3. The summed E-state index contributed by atoms with van der Waals surface area (Å²) in [5.41, 5.74) is 0. The van der Waals surface area contributed by atoms with E-state index in [4.69, 9.17) is 0 Å². The van der Waals surface area contributed by atoms with Gasteiger partial charge in [-0.15, -0.1) is 0 Å². The lowest BCUT2D eigenvalue weighted by atomic mass is 10.2. The van der Waals surface area contributed by atoms with Crippen LogP contribution in [0.4, 0.5) is 0 Å². The molecule has 0 radical (unpaired) electrons. The minimum atomic E-state index is 1.28. The first-order chi connectivity index (χ1) is 11.2. The van der Waals surface area contributed by atoms with Gasteiger partial charge in [0.25, 0.3) is 0 Å². The van der Waals surface area contributed by atoms with Gasteiger partial charge in [0.1, 0.15) is 0 Å². The van der Waals surface area contributed by atoms with Crippen LogP contribution in [-0.2, 0) is 0 Å². The Labute approximate surface area is 149 Å². The average Bonchev–Trinajstić information content (AvgIpc) is 2.55. The molecule has 0 rings (SSSR count). The summed E-state index contributed by atoms with van der Waals surface area (Å²) >= 11 is 0. The highest BCUT2D eigenvalue weighted by atomic mass is 15.1. The van der Waals surface area contributed by atoms with Crippen LogP contribution in [0.1, 0.15) is 99.3 Å². The smallest absolute Gasteiger partial charge is 0.00188 e. The Morgan fingerprint density at radius 1 is 0.348 bits per heavy atom. The monoisotopic (exact) mass is 328 g/mol. The van der Waals surface area contributed by atoms with Crippen LogP contribution in [0.15, 0.2) is 0 Å². The average molecular weight is 329 g/mol. The molecule has 0 N–H and O–H groups in total. The van der Waals surface area contributed by atoms with E-state index in [9.17, 15) is 0 Å². The Balaban J connectivity index is 0. The molecule has 0 aliphatic carbocycles. The Hall–Kier alpha value is -0.0800. The quantitative estimate of drug-likeness (QED) is 0.353. The lowest BCUT2D eigenvalue weighted by Crippen LogP contribution is -2.27. The van der Waals surface area contributed by atoms with Crippen molar-refractivity contribution in [1.82, 2.24) is 9.80 Å². The second-order valence-electron chi connectivity index (χ2n) is 6.74. The van der Waals surface area contributed by atoms with Crippen LogP contribution >= 0.6 is 0 Å².